The molecule has 0 saturated heterocycles. The minimum Gasteiger partial charge on any atom is -0.444 e. The maximum absolute atomic E-state index is 5.76. The van der Waals surface area contributed by atoms with E-state index in [2.05, 4.69) is 15.3 Å². The minimum absolute atomic E-state index is 0.539. The average Bonchev–Trinajstić information content (AvgIpc) is 2.81. The van der Waals surface area contributed by atoms with Crippen LogP contribution in [0, 0.1) is 6.92 Å². The second kappa shape index (κ2) is 4.61. The van der Waals surface area contributed by atoms with Crippen molar-refractivity contribution in [2.45, 2.75) is 13.5 Å². The van der Waals surface area contributed by atoms with Crippen LogP contribution in [-0.4, -0.2) is 9.97 Å². The summed E-state index contributed by atoms with van der Waals surface area (Å²) in [5, 5.41) is 4.33. The summed E-state index contributed by atoms with van der Waals surface area (Å²) in [6.07, 6.45) is 3.47. The SMILES string of the molecule is Cc1cnc(CNc2ccnc3cc(N)ccc23)o1. The van der Waals surface area contributed by atoms with Crippen molar-refractivity contribution in [2.24, 2.45) is 0 Å². The number of hydrogen-bond donors (Lipinski definition) is 2. The lowest BCUT2D eigenvalue weighted by molar-refractivity contribution is 0.479. The van der Waals surface area contributed by atoms with Gasteiger partial charge in [0.2, 0.25) is 5.89 Å². The Kier molecular flexibility index (Phi) is 2.79. The molecule has 0 spiro atoms. The zero-order chi connectivity index (χ0) is 13.2. The maximum atomic E-state index is 5.76. The number of nitrogen functional groups attached to an aromatic ring is 1. The lowest BCUT2D eigenvalue weighted by atomic mass is 10.1. The van der Waals surface area contributed by atoms with Crippen LogP contribution in [0.15, 0.2) is 41.1 Å². The number of nitrogens with one attached hydrogen (secondary N) is 1. The van der Waals surface area contributed by atoms with Crippen molar-refractivity contribution in [3.8, 4) is 0 Å². The summed E-state index contributed by atoms with van der Waals surface area (Å²) in [4.78, 5) is 8.46. The predicted molar refractivity (Wildman–Crippen MR) is 74.7 cm³/mol. The van der Waals surface area contributed by atoms with Crippen molar-refractivity contribution in [3.63, 3.8) is 0 Å². The minimum atomic E-state index is 0.539. The molecule has 0 radical (unpaired) electrons. The second-order valence-electron chi connectivity index (χ2n) is 4.35. The number of rotatable bonds is 3. The van der Waals surface area contributed by atoms with Crippen molar-refractivity contribution >= 4 is 22.3 Å². The molecule has 3 N–H and O–H groups in total. The first-order chi connectivity index (χ1) is 9.22. The third kappa shape index (κ3) is 2.35. The van der Waals surface area contributed by atoms with Crippen LogP contribution in [0.3, 0.4) is 0 Å². The first-order valence-corrected chi connectivity index (χ1v) is 6.02. The topological polar surface area (TPSA) is 77.0 Å². The molecule has 96 valence electrons. The van der Waals surface area contributed by atoms with E-state index < -0.39 is 0 Å². The van der Waals surface area contributed by atoms with Gasteiger partial charge >= 0.3 is 0 Å². The summed E-state index contributed by atoms with van der Waals surface area (Å²) in [5.74, 6) is 1.47. The Morgan fingerprint density at radius 3 is 2.95 bits per heavy atom. The molecule has 1 aromatic carbocycles. The van der Waals surface area contributed by atoms with Crippen LogP contribution in [0.4, 0.5) is 11.4 Å². The van der Waals surface area contributed by atoms with Gasteiger partial charge in [0, 0.05) is 23.0 Å². The van der Waals surface area contributed by atoms with Gasteiger partial charge in [-0.2, -0.15) is 0 Å². The van der Waals surface area contributed by atoms with Gasteiger partial charge in [-0.3, -0.25) is 4.98 Å². The molecule has 2 heterocycles. The molecule has 3 rings (SSSR count). The van der Waals surface area contributed by atoms with Gasteiger partial charge in [-0.15, -0.1) is 0 Å². The van der Waals surface area contributed by atoms with E-state index in [0.717, 1.165) is 22.4 Å². The molecule has 5 heteroatoms. The molecular formula is C14H14N4O. The molecule has 0 saturated carbocycles. The summed E-state index contributed by atoms with van der Waals surface area (Å²) in [6.45, 7) is 2.42. The summed E-state index contributed by atoms with van der Waals surface area (Å²) >= 11 is 0. The van der Waals surface area contributed by atoms with Crippen molar-refractivity contribution in [1.82, 2.24) is 9.97 Å². The lowest BCUT2D eigenvalue weighted by Gasteiger charge is -2.08. The standard InChI is InChI=1S/C14H14N4O/c1-9-7-18-14(19-9)8-17-12-4-5-16-13-6-10(15)2-3-11(12)13/h2-7H,8,15H2,1H3,(H,16,17). The Hall–Kier alpha value is -2.56. The van der Waals surface area contributed by atoms with Crippen molar-refractivity contribution in [3.05, 3.63) is 48.3 Å². The van der Waals surface area contributed by atoms with Gasteiger partial charge in [-0.25, -0.2) is 4.98 Å². The van der Waals surface area contributed by atoms with Crippen LogP contribution < -0.4 is 11.1 Å². The first-order valence-electron chi connectivity index (χ1n) is 6.02. The van der Waals surface area contributed by atoms with E-state index in [4.69, 9.17) is 10.2 Å². The Labute approximate surface area is 110 Å². The van der Waals surface area contributed by atoms with Crippen LogP contribution in [0.2, 0.25) is 0 Å². The van der Waals surface area contributed by atoms with Gasteiger partial charge in [0.15, 0.2) is 0 Å². The van der Waals surface area contributed by atoms with Gasteiger partial charge in [0.1, 0.15) is 5.76 Å². The number of aryl methyl sites for hydroxylation is 1. The highest BCUT2D eigenvalue weighted by molar-refractivity contribution is 5.92. The molecule has 0 aliphatic rings. The van der Waals surface area contributed by atoms with Crippen LogP contribution in [0.1, 0.15) is 11.7 Å². The molecule has 3 aromatic rings. The monoisotopic (exact) mass is 254 g/mol. The highest BCUT2D eigenvalue weighted by Gasteiger charge is 2.04. The van der Waals surface area contributed by atoms with Crippen molar-refractivity contribution < 1.29 is 4.42 Å². The summed E-state index contributed by atoms with van der Waals surface area (Å²) in [7, 11) is 0. The number of aromatic nitrogens is 2. The molecule has 0 amide bonds. The summed E-state index contributed by atoms with van der Waals surface area (Å²) < 4.78 is 5.43. The molecule has 0 fully saturated rings. The Balaban J connectivity index is 1.88. The molecule has 0 atom stereocenters. The smallest absolute Gasteiger partial charge is 0.213 e. The zero-order valence-corrected chi connectivity index (χ0v) is 10.6. The number of pyridine rings is 1. The van der Waals surface area contributed by atoms with Gasteiger partial charge in [0.05, 0.1) is 18.3 Å². The third-order valence-corrected chi connectivity index (χ3v) is 2.87. The molecule has 5 nitrogen and oxygen atoms in total. The van der Waals surface area contributed by atoms with E-state index in [9.17, 15) is 0 Å². The molecule has 0 unspecified atom stereocenters. The maximum Gasteiger partial charge on any atom is 0.213 e. The van der Waals surface area contributed by atoms with Gasteiger partial charge in [-0.05, 0) is 31.2 Å². The van der Waals surface area contributed by atoms with Crippen LogP contribution >= 0.6 is 0 Å². The van der Waals surface area contributed by atoms with E-state index in [0.29, 0.717) is 18.1 Å². The molecule has 0 aliphatic carbocycles. The average molecular weight is 254 g/mol. The quantitative estimate of drug-likeness (QED) is 0.703. The summed E-state index contributed by atoms with van der Waals surface area (Å²) in [5.41, 5.74) is 8.32. The highest BCUT2D eigenvalue weighted by Crippen LogP contribution is 2.23. The number of hydrogen-bond acceptors (Lipinski definition) is 5. The second-order valence-corrected chi connectivity index (χ2v) is 4.35. The predicted octanol–water partition coefficient (Wildman–Crippen LogP) is 2.73. The third-order valence-electron chi connectivity index (χ3n) is 2.87. The van der Waals surface area contributed by atoms with Crippen molar-refractivity contribution in [1.29, 1.82) is 0 Å². The molecule has 0 aliphatic heterocycles. The number of nitrogens with two attached hydrogens (primary N) is 1. The van der Waals surface area contributed by atoms with E-state index in [1.807, 2.05) is 31.2 Å². The van der Waals surface area contributed by atoms with Crippen molar-refractivity contribution in [2.75, 3.05) is 11.1 Å². The van der Waals surface area contributed by atoms with Crippen LogP contribution in [0.5, 0.6) is 0 Å². The molecule has 2 aromatic heterocycles. The number of benzene rings is 1. The number of oxazole rings is 1. The van der Waals surface area contributed by atoms with E-state index in [1.165, 1.54) is 0 Å². The number of anilines is 2. The lowest BCUT2D eigenvalue weighted by Crippen LogP contribution is -2.00. The molecule has 0 bridgehead atoms. The fraction of sp³-hybridized carbons (Fsp3) is 0.143. The van der Waals surface area contributed by atoms with E-state index >= 15 is 0 Å². The first kappa shape index (κ1) is 11.5. The summed E-state index contributed by atoms with van der Waals surface area (Å²) in [6, 6.07) is 7.61. The zero-order valence-electron chi connectivity index (χ0n) is 10.6. The Morgan fingerprint density at radius 1 is 1.26 bits per heavy atom. The largest absolute Gasteiger partial charge is 0.444 e. The van der Waals surface area contributed by atoms with Gasteiger partial charge in [0.25, 0.3) is 0 Å². The number of nitrogens with zero attached hydrogens (tertiary/aromatic N) is 2. The van der Waals surface area contributed by atoms with Gasteiger partial charge in [-0.1, -0.05) is 0 Å². The molecular weight excluding hydrogens is 240 g/mol. The Bertz CT molecular complexity index is 720. The van der Waals surface area contributed by atoms with Gasteiger partial charge < -0.3 is 15.5 Å². The van der Waals surface area contributed by atoms with E-state index in [-0.39, 0.29) is 0 Å². The molecule has 19 heavy (non-hydrogen) atoms. The van der Waals surface area contributed by atoms with Crippen LogP contribution in [0.25, 0.3) is 10.9 Å². The highest BCUT2D eigenvalue weighted by atomic mass is 16.4. The Morgan fingerprint density at radius 2 is 2.16 bits per heavy atom. The normalized spacial score (nSPS) is 10.8. The number of fused-ring (bicyclic) bond motifs is 1. The fourth-order valence-electron chi connectivity index (χ4n) is 1.97. The fourth-order valence-corrected chi connectivity index (χ4v) is 1.97. The van der Waals surface area contributed by atoms with E-state index in [1.54, 1.807) is 12.4 Å². The van der Waals surface area contributed by atoms with Crippen LogP contribution in [-0.2, 0) is 6.54 Å².